The molecule has 0 nitrogen and oxygen atoms in total. The summed E-state index contributed by atoms with van der Waals surface area (Å²) in [6.45, 7) is 8.19. The quantitative estimate of drug-likeness (QED) is 0.527. The van der Waals surface area contributed by atoms with E-state index >= 15 is 0 Å². The summed E-state index contributed by atoms with van der Waals surface area (Å²) in [5.41, 5.74) is 5.02. The van der Waals surface area contributed by atoms with E-state index in [-0.39, 0.29) is 47.6 Å². The fourth-order valence-electron chi connectivity index (χ4n) is 1.42. The molecule has 2 aromatic rings. The van der Waals surface area contributed by atoms with Crippen molar-refractivity contribution in [1.82, 2.24) is 0 Å². The molecule has 0 saturated heterocycles. The number of allylic oxidation sites excluding steroid dienone is 2. The standard InChI is InChI=1S/C10H10.C8H10.2CH4.Y/c1-3-9(2)10-7-5-4-6-8-10;1-7-5-3-4-6-8(7)2;;;/h4-7H,1-2H3;3-6H,1-2H3;2*1H4;/q-2;;;;. The van der Waals surface area contributed by atoms with Gasteiger partial charge in [0.15, 0.2) is 0 Å². The Balaban J connectivity index is -0.000000274. The van der Waals surface area contributed by atoms with Gasteiger partial charge in [-0.2, -0.15) is 12.1 Å². The fraction of sp³-hybridized carbons (Fsp3) is 0.300. The van der Waals surface area contributed by atoms with Crippen LogP contribution in [0.15, 0.2) is 48.5 Å². The van der Waals surface area contributed by atoms with Crippen molar-refractivity contribution in [3.63, 3.8) is 0 Å². The first-order chi connectivity index (χ1) is 8.65. The molecule has 0 aliphatic rings. The second kappa shape index (κ2) is 14.2. The van der Waals surface area contributed by atoms with Gasteiger partial charge in [0.1, 0.15) is 0 Å². The summed E-state index contributed by atoms with van der Waals surface area (Å²) in [5.74, 6) is 0. The summed E-state index contributed by atoms with van der Waals surface area (Å²) >= 11 is 0. The number of hydrogen-bond acceptors (Lipinski definition) is 0. The molecule has 0 amide bonds. The first kappa shape index (κ1) is 25.2. The van der Waals surface area contributed by atoms with E-state index in [0.29, 0.717) is 0 Å². The fourth-order valence-corrected chi connectivity index (χ4v) is 1.42. The molecule has 0 N–H and O–H groups in total. The van der Waals surface area contributed by atoms with Crippen LogP contribution in [-0.2, 0) is 32.7 Å². The normalized spacial score (nSPS) is 9.05. The first-order valence-electron chi connectivity index (χ1n) is 6.15. The van der Waals surface area contributed by atoms with Crippen molar-refractivity contribution in [3.05, 3.63) is 77.4 Å². The molecule has 0 fully saturated rings. The average molecular weight is 357 g/mol. The van der Waals surface area contributed by atoms with Crippen molar-refractivity contribution >= 4 is 5.57 Å². The second-order valence-corrected chi connectivity index (χ2v) is 4.24. The Labute approximate surface area is 157 Å². The van der Waals surface area contributed by atoms with Crippen molar-refractivity contribution < 1.29 is 32.7 Å². The van der Waals surface area contributed by atoms with Crippen LogP contribution in [-0.4, -0.2) is 0 Å². The van der Waals surface area contributed by atoms with Crippen molar-refractivity contribution in [1.29, 1.82) is 0 Å². The molecule has 0 heterocycles. The molecule has 1 heteroatoms. The molecular weight excluding hydrogens is 329 g/mol. The van der Waals surface area contributed by atoms with Gasteiger partial charge in [-0.15, -0.1) is 19.9 Å². The Hall–Kier alpha value is -0.716. The maximum Gasteiger partial charge on any atom is 0 e. The van der Waals surface area contributed by atoms with E-state index in [4.69, 9.17) is 0 Å². The zero-order chi connectivity index (χ0) is 13.4. The first-order valence-corrected chi connectivity index (χ1v) is 6.15. The van der Waals surface area contributed by atoms with Crippen LogP contribution in [0, 0.1) is 26.0 Å². The van der Waals surface area contributed by atoms with Crippen molar-refractivity contribution in [3.8, 4) is 0 Å². The van der Waals surface area contributed by atoms with E-state index in [0.717, 1.165) is 11.1 Å². The van der Waals surface area contributed by atoms with Crippen LogP contribution >= 0.6 is 0 Å². The Bertz CT molecular complexity index is 477. The molecular formula is C20H28Y-2. The molecule has 0 aromatic heterocycles. The summed E-state index contributed by atoms with van der Waals surface area (Å²) in [6.07, 6.45) is 3.07. The van der Waals surface area contributed by atoms with Gasteiger partial charge in [-0.3, -0.25) is 0 Å². The average Bonchev–Trinajstić information content (AvgIpc) is 2.43. The summed E-state index contributed by atoms with van der Waals surface area (Å²) in [6, 6.07) is 19.4. The van der Waals surface area contributed by atoms with E-state index in [1.807, 2.05) is 38.1 Å². The molecule has 0 spiro atoms. The summed E-state index contributed by atoms with van der Waals surface area (Å²) in [4.78, 5) is 0. The van der Waals surface area contributed by atoms with Gasteiger partial charge in [0, 0.05) is 32.7 Å². The minimum Gasteiger partial charge on any atom is -0.327 e. The number of rotatable bonds is 1. The molecule has 1 radical (unpaired) electrons. The number of benzene rings is 2. The third-order valence-electron chi connectivity index (χ3n) is 2.91. The van der Waals surface area contributed by atoms with E-state index < -0.39 is 0 Å². The van der Waals surface area contributed by atoms with E-state index in [9.17, 15) is 0 Å². The van der Waals surface area contributed by atoms with Gasteiger partial charge in [-0.25, -0.2) is 12.1 Å². The summed E-state index contributed by atoms with van der Waals surface area (Å²) in [5, 5.41) is 0. The third kappa shape index (κ3) is 9.77. The molecule has 2 aromatic carbocycles. The van der Waals surface area contributed by atoms with Crippen LogP contribution in [0.25, 0.3) is 5.57 Å². The van der Waals surface area contributed by atoms with Gasteiger partial charge in [0.05, 0.1) is 0 Å². The minimum atomic E-state index is 0. The van der Waals surface area contributed by atoms with Gasteiger partial charge in [-0.1, -0.05) is 39.1 Å². The van der Waals surface area contributed by atoms with Crippen LogP contribution in [0.4, 0.5) is 0 Å². The maximum atomic E-state index is 3.12. The third-order valence-corrected chi connectivity index (χ3v) is 2.91. The van der Waals surface area contributed by atoms with Gasteiger partial charge in [0.2, 0.25) is 0 Å². The molecule has 0 aliphatic heterocycles. The molecule has 0 unspecified atom stereocenters. The van der Waals surface area contributed by atoms with Crippen LogP contribution in [0.3, 0.4) is 0 Å². The Morgan fingerprint density at radius 3 is 1.71 bits per heavy atom. The van der Waals surface area contributed by atoms with Crippen molar-refractivity contribution in [2.75, 3.05) is 0 Å². The number of aryl methyl sites for hydroxylation is 2. The zero-order valence-electron chi connectivity index (χ0n) is 12.2. The second-order valence-electron chi connectivity index (χ2n) is 4.24. The molecule has 0 atom stereocenters. The molecule has 113 valence electrons. The molecule has 0 aliphatic carbocycles. The van der Waals surface area contributed by atoms with E-state index in [1.54, 1.807) is 0 Å². The van der Waals surface area contributed by atoms with Gasteiger partial charge in [-0.05, 0) is 25.0 Å². The van der Waals surface area contributed by atoms with Gasteiger partial charge in [0.25, 0.3) is 0 Å². The number of hydrogen-bond donors (Lipinski definition) is 0. The summed E-state index contributed by atoms with van der Waals surface area (Å²) < 4.78 is 0. The van der Waals surface area contributed by atoms with Gasteiger partial charge >= 0.3 is 0 Å². The smallest absolute Gasteiger partial charge is 0 e. The largest absolute Gasteiger partial charge is 0.327 e. The SMILES string of the molecule is C.C.C[C-]=C(C)c1[c-]cccc1.Cc1ccccc1C.[Y]. The van der Waals surface area contributed by atoms with Crippen LogP contribution in [0.2, 0.25) is 0 Å². The van der Waals surface area contributed by atoms with Crippen molar-refractivity contribution in [2.24, 2.45) is 0 Å². The Morgan fingerprint density at radius 2 is 1.38 bits per heavy atom. The van der Waals surface area contributed by atoms with E-state index in [1.165, 1.54) is 11.1 Å². The minimum absolute atomic E-state index is 0. The topological polar surface area (TPSA) is 0 Å². The molecule has 2 rings (SSSR count). The summed E-state index contributed by atoms with van der Waals surface area (Å²) in [7, 11) is 0. The van der Waals surface area contributed by atoms with Crippen LogP contribution < -0.4 is 0 Å². The Kier molecular flexibility index (Phi) is 17.1. The molecule has 0 saturated carbocycles. The monoisotopic (exact) mass is 357 g/mol. The van der Waals surface area contributed by atoms with E-state index in [2.05, 4.69) is 50.3 Å². The predicted molar refractivity (Wildman–Crippen MR) is 92.7 cm³/mol. The van der Waals surface area contributed by atoms with Crippen LogP contribution in [0.5, 0.6) is 0 Å². The van der Waals surface area contributed by atoms with Crippen LogP contribution in [0.1, 0.15) is 45.4 Å². The van der Waals surface area contributed by atoms with Crippen molar-refractivity contribution in [2.45, 2.75) is 42.5 Å². The van der Waals surface area contributed by atoms with Gasteiger partial charge < -0.3 is 17.2 Å². The maximum absolute atomic E-state index is 3.12. The zero-order valence-corrected chi connectivity index (χ0v) is 15.0. The molecule has 0 bridgehead atoms. The molecule has 21 heavy (non-hydrogen) atoms. The Morgan fingerprint density at radius 1 is 0.905 bits per heavy atom. The predicted octanol–water partition coefficient (Wildman–Crippen LogP) is 6.29.